The predicted octanol–water partition coefficient (Wildman–Crippen LogP) is 2.83. The first-order chi connectivity index (χ1) is 11.6. The van der Waals surface area contributed by atoms with E-state index in [0.717, 1.165) is 51.1 Å². The van der Waals surface area contributed by atoms with E-state index in [1.807, 2.05) is 16.5 Å². The van der Waals surface area contributed by atoms with Crippen LogP contribution in [0.15, 0.2) is 0 Å². The van der Waals surface area contributed by atoms with Crippen LogP contribution in [0.2, 0.25) is 0 Å². The van der Waals surface area contributed by atoms with Gasteiger partial charge in [-0.25, -0.2) is 4.68 Å². The van der Waals surface area contributed by atoms with Crippen LogP contribution in [0.4, 0.5) is 0 Å². The average molecular weight is 370 g/mol. The van der Waals surface area contributed by atoms with Crippen LogP contribution in [0.3, 0.4) is 0 Å². The van der Waals surface area contributed by atoms with E-state index < -0.39 is 0 Å². The summed E-state index contributed by atoms with van der Waals surface area (Å²) in [5.41, 5.74) is 1.48. The number of nitrogens with zero attached hydrogens (tertiary/aromatic N) is 4. The molecule has 1 unspecified atom stereocenters. The van der Waals surface area contributed by atoms with Gasteiger partial charge in [-0.05, 0) is 64.0 Å². The molecule has 0 aliphatic carbocycles. The Bertz CT molecular complexity index is 568. The van der Waals surface area contributed by atoms with Gasteiger partial charge in [0.25, 0.3) is 5.91 Å². The molecule has 1 amide bonds. The fraction of sp³-hybridized carbons (Fsp3) is 0.833. The molecule has 142 valence electrons. The third kappa shape index (κ3) is 4.73. The lowest BCUT2D eigenvalue weighted by Crippen LogP contribution is -2.40. The van der Waals surface area contributed by atoms with Gasteiger partial charge in [-0.2, -0.15) is 0 Å². The predicted molar refractivity (Wildman–Crippen MR) is 101 cm³/mol. The molecule has 1 atom stereocenters. The molecule has 2 aliphatic rings. The molecule has 0 bridgehead atoms. The number of hydrogen-bond acceptors (Lipinski definition) is 4. The molecule has 1 aromatic rings. The third-order valence-electron chi connectivity index (χ3n) is 5.40. The lowest BCUT2D eigenvalue weighted by molar-refractivity contribution is 0.0652. The summed E-state index contributed by atoms with van der Waals surface area (Å²) in [5.74, 6) is 1.39. The lowest BCUT2D eigenvalue weighted by Gasteiger charge is -2.33. The maximum atomic E-state index is 12.9. The normalized spacial score (nSPS) is 22.1. The van der Waals surface area contributed by atoms with Crippen molar-refractivity contribution in [2.24, 2.45) is 11.8 Å². The zero-order valence-corrected chi connectivity index (χ0v) is 16.5. The Morgan fingerprint density at radius 3 is 2.68 bits per heavy atom. The summed E-state index contributed by atoms with van der Waals surface area (Å²) in [6.45, 7) is 10.3. The SMILES string of the molecule is Cc1c(C(=O)N2CCCC(CC(C)C)C2)nnn1C1CCNCC1.Cl. The van der Waals surface area contributed by atoms with E-state index in [2.05, 4.69) is 29.5 Å². The highest BCUT2D eigenvalue weighted by Gasteiger charge is 2.29. The van der Waals surface area contributed by atoms with Crippen LogP contribution in [0.1, 0.15) is 68.2 Å². The molecule has 3 heterocycles. The lowest BCUT2D eigenvalue weighted by atomic mass is 9.89. The summed E-state index contributed by atoms with van der Waals surface area (Å²) in [7, 11) is 0. The highest BCUT2D eigenvalue weighted by Crippen LogP contribution is 2.25. The van der Waals surface area contributed by atoms with Gasteiger partial charge in [0.1, 0.15) is 0 Å². The van der Waals surface area contributed by atoms with Crippen LogP contribution in [-0.4, -0.2) is 52.0 Å². The topological polar surface area (TPSA) is 63.1 Å². The monoisotopic (exact) mass is 369 g/mol. The molecule has 1 N–H and O–H groups in total. The van der Waals surface area contributed by atoms with E-state index in [1.54, 1.807) is 0 Å². The molecule has 0 aromatic carbocycles. The molecule has 0 saturated carbocycles. The van der Waals surface area contributed by atoms with Gasteiger partial charge < -0.3 is 10.2 Å². The zero-order valence-electron chi connectivity index (χ0n) is 15.7. The largest absolute Gasteiger partial charge is 0.337 e. The van der Waals surface area contributed by atoms with Crippen molar-refractivity contribution in [3.8, 4) is 0 Å². The van der Waals surface area contributed by atoms with Crippen molar-refractivity contribution in [2.45, 2.75) is 58.9 Å². The summed E-state index contributed by atoms with van der Waals surface area (Å²) in [5, 5.41) is 11.9. The van der Waals surface area contributed by atoms with Crippen molar-refractivity contribution in [2.75, 3.05) is 26.2 Å². The Hall–Kier alpha value is -1.14. The van der Waals surface area contributed by atoms with Gasteiger partial charge in [0.2, 0.25) is 0 Å². The first kappa shape index (κ1) is 20.2. The number of halogens is 1. The van der Waals surface area contributed by atoms with Gasteiger partial charge >= 0.3 is 0 Å². The number of nitrogens with one attached hydrogen (secondary N) is 1. The van der Waals surface area contributed by atoms with E-state index in [9.17, 15) is 4.79 Å². The summed E-state index contributed by atoms with van der Waals surface area (Å²) in [6, 6.07) is 0.371. The van der Waals surface area contributed by atoms with E-state index in [0.29, 0.717) is 23.6 Å². The second kappa shape index (κ2) is 8.99. The first-order valence-corrected chi connectivity index (χ1v) is 9.48. The number of likely N-dealkylation sites (tertiary alicyclic amines) is 1. The van der Waals surface area contributed by atoms with Crippen LogP contribution < -0.4 is 5.32 Å². The number of amides is 1. The molecular weight excluding hydrogens is 338 g/mol. The minimum absolute atomic E-state index is 0. The molecule has 6 nitrogen and oxygen atoms in total. The van der Waals surface area contributed by atoms with Gasteiger partial charge in [-0.3, -0.25) is 4.79 Å². The number of rotatable bonds is 4. The number of aromatic nitrogens is 3. The molecule has 3 rings (SSSR count). The van der Waals surface area contributed by atoms with Gasteiger partial charge in [0, 0.05) is 13.1 Å². The quantitative estimate of drug-likeness (QED) is 0.886. The Balaban J connectivity index is 0.00000225. The van der Waals surface area contributed by atoms with E-state index in [4.69, 9.17) is 0 Å². The van der Waals surface area contributed by atoms with E-state index in [1.165, 1.54) is 12.8 Å². The Kier molecular flexibility index (Phi) is 7.25. The molecular formula is C18H32ClN5O. The summed E-state index contributed by atoms with van der Waals surface area (Å²) >= 11 is 0. The van der Waals surface area contributed by atoms with Crippen LogP contribution in [-0.2, 0) is 0 Å². The summed E-state index contributed by atoms with van der Waals surface area (Å²) in [4.78, 5) is 14.9. The maximum absolute atomic E-state index is 12.9. The molecule has 2 aliphatic heterocycles. The van der Waals surface area contributed by atoms with Crippen LogP contribution >= 0.6 is 12.4 Å². The van der Waals surface area contributed by atoms with Crippen LogP contribution in [0, 0.1) is 18.8 Å². The minimum Gasteiger partial charge on any atom is -0.337 e. The number of piperidine rings is 2. The molecule has 2 fully saturated rings. The second-order valence-corrected chi connectivity index (χ2v) is 7.84. The van der Waals surface area contributed by atoms with Crippen molar-refractivity contribution < 1.29 is 4.79 Å². The van der Waals surface area contributed by atoms with Gasteiger partial charge in [0.15, 0.2) is 5.69 Å². The van der Waals surface area contributed by atoms with Gasteiger partial charge in [-0.1, -0.05) is 19.1 Å². The van der Waals surface area contributed by atoms with E-state index >= 15 is 0 Å². The van der Waals surface area contributed by atoms with E-state index in [-0.39, 0.29) is 18.3 Å². The summed E-state index contributed by atoms with van der Waals surface area (Å²) in [6.07, 6.45) is 5.65. The Morgan fingerprint density at radius 1 is 1.28 bits per heavy atom. The van der Waals surface area contributed by atoms with Crippen LogP contribution in [0.25, 0.3) is 0 Å². The third-order valence-corrected chi connectivity index (χ3v) is 5.40. The Labute approximate surface area is 157 Å². The van der Waals surface area contributed by atoms with Gasteiger partial charge in [0.05, 0.1) is 11.7 Å². The standard InChI is InChI=1S/C18H31N5O.ClH/c1-13(2)11-15-5-4-10-22(12-15)18(24)17-14(3)23(21-20-17)16-6-8-19-9-7-16;/h13,15-16,19H,4-12H2,1-3H3;1H. The van der Waals surface area contributed by atoms with Gasteiger partial charge in [-0.15, -0.1) is 17.5 Å². The minimum atomic E-state index is 0. The molecule has 7 heteroatoms. The molecule has 2 saturated heterocycles. The number of carbonyl (C=O) groups excluding carboxylic acids is 1. The summed E-state index contributed by atoms with van der Waals surface area (Å²) < 4.78 is 1.98. The second-order valence-electron chi connectivity index (χ2n) is 7.84. The van der Waals surface area contributed by atoms with Crippen molar-refractivity contribution in [3.05, 3.63) is 11.4 Å². The molecule has 0 radical (unpaired) electrons. The average Bonchev–Trinajstić information content (AvgIpc) is 2.96. The number of carbonyl (C=O) groups is 1. The van der Waals surface area contributed by atoms with Crippen molar-refractivity contribution in [3.63, 3.8) is 0 Å². The maximum Gasteiger partial charge on any atom is 0.276 e. The highest BCUT2D eigenvalue weighted by atomic mass is 35.5. The van der Waals surface area contributed by atoms with Crippen molar-refractivity contribution in [1.82, 2.24) is 25.2 Å². The van der Waals surface area contributed by atoms with Crippen molar-refractivity contribution >= 4 is 18.3 Å². The first-order valence-electron chi connectivity index (χ1n) is 9.48. The highest BCUT2D eigenvalue weighted by molar-refractivity contribution is 5.93. The Morgan fingerprint density at radius 2 is 2.00 bits per heavy atom. The smallest absolute Gasteiger partial charge is 0.276 e. The fourth-order valence-electron chi connectivity index (χ4n) is 4.19. The molecule has 1 aromatic heterocycles. The van der Waals surface area contributed by atoms with Crippen molar-refractivity contribution in [1.29, 1.82) is 0 Å². The molecule has 25 heavy (non-hydrogen) atoms. The number of hydrogen-bond donors (Lipinski definition) is 1. The molecule has 0 spiro atoms. The zero-order chi connectivity index (χ0) is 17.1. The fourth-order valence-corrected chi connectivity index (χ4v) is 4.19. The van der Waals surface area contributed by atoms with Crippen LogP contribution in [0.5, 0.6) is 0 Å².